The predicted molar refractivity (Wildman–Crippen MR) is 82.9 cm³/mol. The lowest BCUT2D eigenvalue weighted by molar-refractivity contribution is -0.357. The first-order valence-electron chi connectivity index (χ1n) is 7.49. The van der Waals surface area contributed by atoms with Crippen LogP contribution in [0.25, 0.3) is 11.0 Å². The van der Waals surface area contributed by atoms with Crippen molar-refractivity contribution in [3.8, 4) is 5.75 Å². The molecule has 0 aliphatic carbocycles. The second kappa shape index (κ2) is 6.37. The number of aliphatic hydroxyl groups is 5. The average molecular weight is 354 g/mol. The van der Waals surface area contributed by atoms with Crippen molar-refractivity contribution in [2.75, 3.05) is 13.7 Å². The predicted octanol–water partition coefficient (Wildman–Crippen LogP) is -1.58. The molecule has 9 nitrogen and oxygen atoms in total. The molecule has 0 spiro atoms. The third kappa shape index (κ3) is 2.80. The Labute approximate surface area is 141 Å². The summed E-state index contributed by atoms with van der Waals surface area (Å²) in [6, 6.07) is 5.60. The molecule has 1 aliphatic rings. The van der Waals surface area contributed by atoms with Crippen LogP contribution in [0.1, 0.15) is 5.56 Å². The lowest BCUT2D eigenvalue weighted by Crippen LogP contribution is -2.63. The number of fused-ring (bicyclic) bond motifs is 1. The van der Waals surface area contributed by atoms with Gasteiger partial charge in [-0.1, -0.05) is 12.1 Å². The Bertz CT molecular complexity index is 830. The first-order chi connectivity index (χ1) is 11.8. The highest BCUT2D eigenvalue weighted by atomic mass is 16.7. The minimum absolute atomic E-state index is 0.00630. The monoisotopic (exact) mass is 354 g/mol. The van der Waals surface area contributed by atoms with Crippen LogP contribution < -0.4 is 10.4 Å². The smallest absolute Gasteiger partial charge is 0.379 e. The van der Waals surface area contributed by atoms with E-state index in [1.54, 1.807) is 0 Å². The second-order valence-electron chi connectivity index (χ2n) is 5.82. The maximum Gasteiger partial charge on any atom is 0.379 e. The summed E-state index contributed by atoms with van der Waals surface area (Å²) < 4.78 is 15.2. The molecule has 136 valence electrons. The van der Waals surface area contributed by atoms with Crippen molar-refractivity contribution in [1.82, 2.24) is 0 Å². The number of hydrogen-bond donors (Lipinski definition) is 5. The van der Waals surface area contributed by atoms with Gasteiger partial charge in [0.2, 0.25) is 11.5 Å². The molecule has 2 aromatic rings. The van der Waals surface area contributed by atoms with Crippen molar-refractivity contribution in [2.45, 2.75) is 30.2 Å². The van der Waals surface area contributed by atoms with E-state index < -0.39 is 42.4 Å². The van der Waals surface area contributed by atoms with Crippen molar-refractivity contribution in [3.63, 3.8) is 0 Å². The third-order valence-electron chi connectivity index (χ3n) is 4.30. The van der Waals surface area contributed by atoms with E-state index in [2.05, 4.69) is 0 Å². The van der Waals surface area contributed by atoms with E-state index in [1.807, 2.05) is 0 Å². The summed E-state index contributed by atoms with van der Waals surface area (Å²) >= 11 is 0. The maximum absolute atomic E-state index is 11.7. The molecule has 0 saturated carbocycles. The molecule has 2 heterocycles. The zero-order valence-electron chi connectivity index (χ0n) is 13.2. The highest BCUT2D eigenvalue weighted by Crippen LogP contribution is 2.37. The molecular weight excluding hydrogens is 336 g/mol. The van der Waals surface area contributed by atoms with Crippen LogP contribution in [0.15, 0.2) is 33.5 Å². The average Bonchev–Trinajstić information content (AvgIpc) is 2.61. The SMILES string of the molecule is COc1cc2ccc(C3(O)O[C@H](CO)[C@@H](O)[C@H](O)[C@H]3O)cc2oc1=O. The molecule has 1 fully saturated rings. The summed E-state index contributed by atoms with van der Waals surface area (Å²) in [7, 11) is 1.32. The van der Waals surface area contributed by atoms with Gasteiger partial charge < -0.3 is 39.4 Å². The summed E-state index contributed by atoms with van der Waals surface area (Å²) in [6.07, 6.45) is -6.55. The second-order valence-corrected chi connectivity index (χ2v) is 5.82. The van der Waals surface area contributed by atoms with Crippen LogP contribution >= 0.6 is 0 Å². The minimum Gasteiger partial charge on any atom is -0.490 e. The molecule has 3 rings (SSSR count). The van der Waals surface area contributed by atoms with Crippen LogP contribution in [0.5, 0.6) is 5.75 Å². The molecule has 0 bridgehead atoms. The van der Waals surface area contributed by atoms with Gasteiger partial charge >= 0.3 is 5.63 Å². The van der Waals surface area contributed by atoms with Crippen LogP contribution in [0.4, 0.5) is 0 Å². The summed E-state index contributed by atoms with van der Waals surface area (Å²) in [5.74, 6) is -2.41. The molecule has 0 radical (unpaired) electrons. The Morgan fingerprint density at radius 3 is 2.56 bits per heavy atom. The van der Waals surface area contributed by atoms with E-state index in [1.165, 1.54) is 31.4 Å². The van der Waals surface area contributed by atoms with E-state index in [4.69, 9.17) is 13.9 Å². The molecule has 25 heavy (non-hydrogen) atoms. The van der Waals surface area contributed by atoms with Gasteiger partial charge in [-0.15, -0.1) is 0 Å². The van der Waals surface area contributed by atoms with Crippen molar-refractivity contribution < 1.29 is 39.4 Å². The number of benzene rings is 1. The van der Waals surface area contributed by atoms with Gasteiger partial charge in [0.05, 0.1) is 13.7 Å². The standard InChI is InChI=1S/C16H18O9/c1-23-10-4-7-2-3-8(5-9(7)24-15(10)21)16(22)14(20)13(19)12(18)11(6-17)25-16/h2-5,11-14,17-20,22H,6H2,1H3/t11-,12-,13+,14-,16?/m1/s1. The normalized spacial score (nSPS) is 32.7. The van der Waals surface area contributed by atoms with Gasteiger partial charge in [-0.2, -0.15) is 0 Å². The van der Waals surface area contributed by atoms with Crippen LogP contribution in [-0.2, 0) is 10.5 Å². The molecule has 1 saturated heterocycles. The Balaban J connectivity index is 2.09. The first-order valence-corrected chi connectivity index (χ1v) is 7.49. The van der Waals surface area contributed by atoms with Gasteiger partial charge in [0.1, 0.15) is 30.0 Å². The number of rotatable bonds is 3. The van der Waals surface area contributed by atoms with Gasteiger partial charge in [-0.05, 0) is 12.1 Å². The van der Waals surface area contributed by atoms with E-state index >= 15 is 0 Å². The topological polar surface area (TPSA) is 150 Å². The molecule has 9 heteroatoms. The fourth-order valence-electron chi connectivity index (χ4n) is 2.85. The molecule has 1 aromatic heterocycles. The molecule has 1 aromatic carbocycles. The van der Waals surface area contributed by atoms with Crippen molar-refractivity contribution in [3.05, 3.63) is 40.2 Å². The highest BCUT2D eigenvalue weighted by molar-refractivity contribution is 5.78. The van der Waals surface area contributed by atoms with Gasteiger partial charge in [-0.3, -0.25) is 0 Å². The molecule has 1 aliphatic heterocycles. The van der Waals surface area contributed by atoms with Crippen molar-refractivity contribution >= 4 is 11.0 Å². The van der Waals surface area contributed by atoms with E-state index in [9.17, 15) is 30.3 Å². The quantitative estimate of drug-likeness (QED) is 0.412. The van der Waals surface area contributed by atoms with Gasteiger partial charge in [0.15, 0.2) is 0 Å². The number of ether oxygens (including phenoxy) is 2. The Kier molecular flexibility index (Phi) is 4.54. The third-order valence-corrected chi connectivity index (χ3v) is 4.30. The molecule has 1 unspecified atom stereocenters. The minimum atomic E-state index is -2.42. The number of methoxy groups -OCH3 is 1. The Morgan fingerprint density at radius 1 is 1.20 bits per heavy atom. The van der Waals surface area contributed by atoms with E-state index in [0.717, 1.165) is 0 Å². The molecular formula is C16H18O9. The summed E-state index contributed by atoms with van der Waals surface area (Å²) in [5, 5.41) is 50.3. The first kappa shape index (κ1) is 17.8. The number of aliphatic hydroxyl groups excluding tert-OH is 4. The lowest BCUT2D eigenvalue weighted by Gasteiger charge is -2.45. The molecule has 5 N–H and O–H groups in total. The maximum atomic E-state index is 11.7. The summed E-state index contributed by atoms with van der Waals surface area (Å²) in [5.41, 5.74) is -0.660. The zero-order valence-corrected chi connectivity index (χ0v) is 13.2. The summed E-state index contributed by atoms with van der Waals surface area (Å²) in [4.78, 5) is 11.7. The largest absolute Gasteiger partial charge is 0.490 e. The Morgan fingerprint density at radius 2 is 1.92 bits per heavy atom. The zero-order chi connectivity index (χ0) is 18.4. The highest BCUT2D eigenvalue weighted by Gasteiger charge is 2.53. The summed E-state index contributed by atoms with van der Waals surface area (Å²) in [6.45, 7) is -0.687. The van der Waals surface area contributed by atoms with Gasteiger partial charge in [-0.25, -0.2) is 4.79 Å². The Hall–Kier alpha value is -2.01. The van der Waals surface area contributed by atoms with Crippen molar-refractivity contribution in [1.29, 1.82) is 0 Å². The lowest BCUT2D eigenvalue weighted by atomic mass is 9.88. The van der Waals surface area contributed by atoms with Gasteiger partial charge in [0.25, 0.3) is 0 Å². The van der Waals surface area contributed by atoms with E-state index in [-0.39, 0.29) is 16.9 Å². The van der Waals surface area contributed by atoms with Crippen molar-refractivity contribution in [2.24, 2.45) is 0 Å². The van der Waals surface area contributed by atoms with Crippen LogP contribution in [-0.4, -0.2) is 63.7 Å². The molecule has 0 amide bonds. The van der Waals surface area contributed by atoms with Crippen LogP contribution in [0.2, 0.25) is 0 Å². The number of hydrogen-bond acceptors (Lipinski definition) is 9. The van der Waals surface area contributed by atoms with Crippen LogP contribution in [0.3, 0.4) is 0 Å². The molecule has 5 atom stereocenters. The van der Waals surface area contributed by atoms with Gasteiger partial charge in [0, 0.05) is 10.9 Å². The fourth-order valence-corrected chi connectivity index (χ4v) is 2.85. The fraction of sp³-hybridized carbons (Fsp3) is 0.438. The van der Waals surface area contributed by atoms with Crippen LogP contribution in [0, 0.1) is 0 Å². The van der Waals surface area contributed by atoms with E-state index in [0.29, 0.717) is 5.39 Å².